The van der Waals surface area contributed by atoms with Gasteiger partial charge in [0.15, 0.2) is 0 Å². The fraction of sp³-hybridized carbons (Fsp3) is 0.231. The van der Waals surface area contributed by atoms with Gasteiger partial charge in [-0.05, 0) is 47.0 Å². The van der Waals surface area contributed by atoms with Gasteiger partial charge in [-0.3, -0.25) is 0 Å². The molecule has 4 nitrogen and oxygen atoms in total. The number of aromatic nitrogens is 2. The van der Waals surface area contributed by atoms with E-state index in [0.717, 1.165) is 28.0 Å². The zero-order valence-corrected chi connectivity index (χ0v) is 12.0. The number of anilines is 3. The van der Waals surface area contributed by atoms with Crippen LogP contribution < -0.4 is 11.1 Å². The topological polar surface area (TPSA) is 63.8 Å². The lowest BCUT2D eigenvalue weighted by Gasteiger charge is -2.12. The summed E-state index contributed by atoms with van der Waals surface area (Å²) in [5.41, 5.74) is 8.95. The molecule has 0 unspecified atom stereocenters. The summed E-state index contributed by atoms with van der Waals surface area (Å²) in [5.74, 6) is 1.28. The first-order valence-electron chi connectivity index (χ1n) is 5.74. The normalized spacial score (nSPS) is 10.4. The Morgan fingerprint density at radius 1 is 1.33 bits per heavy atom. The molecule has 0 atom stereocenters. The van der Waals surface area contributed by atoms with E-state index in [9.17, 15) is 0 Å². The van der Waals surface area contributed by atoms with Gasteiger partial charge in [0.05, 0.1) is 5.69 Å². The summed E-state index contributed by atoms with van der Waals surface area (Å²) in [6.07, 6.45) is 2.26. The Bertz CT molecular complexity index is 569. The minimum absolute atomic E-state index is 0.526. The lowest BCUT2D eigenvalue weighted by Crippen LogP contribution is -2.04. The van der Waals surface area contributed by atoms with Crippen LogP contribution in [-0.4, -0.2) is 9.97 Å². The average molecular weight is 307 g/mol. The van der Waals surface area contributed by atoms with Gasteiger partial charge in [0, 0.05) is 10.0 Å². The highest BCUT2D eigenvalue weighted by atomic mass is 79.9. The molecule has 0 aliphatic heterocycles. The van der Waals surface area contributed by atoms with Crippen molar-refractivity contribution in [2.45, 2.75) is 20.3 Å². The lowest BCUT2D eigenvalue weighted by atomic mass is 10.2. The Labute approximate surface area is 115 Å². The van der Waals surface area contributed by atoms with E-state index in [0.29, 0.717) is 5.82 Å². The third-order valence-corrected chi connectivity index (χ3v) is 3.37. The van der Waals surface area contributed by atoms with Crippen LogP contribution in [0.1, 0.15) is 18.1 Å². The molecule has 0 saturated heterocycles. The van der Waals surface area contributed by atoms with Gasteiger partial charge in [-0.15, -0.1) is 0 Å². The predicted molar refractivity (Wildman–Crippen MR) is 78.0 cm³/mol. The van der Waals surface area contributed by atoms with Crippen LogP contribution in [0.25, 0.3) is 0 Å². The number of nitrogens with one attached hydrogen (secondary N) is 1. The second-order valence-electron chi connectivity index (χ2n) is 4.05. The van der Waals surface area contributed by atoms with Gasteiger partial charge < -0.3 is 11.1 Å². The lowest BCUT2D eigenvalue weighted by molar-refractivity contribution is 1.06. The summed E-state index contributed by atoms with van der Waals surface area (Å²) >= 11 is 3.53. The van der Waals surface area contributed by atoms with Gasteiger partial charge in [-0.25, -0.2) is 9.97 Å². The van der Waals surface area contributed by atoms with E-state index < -0.39 is 0 Å². The molecule has 1 heterocycles. The van der Waals surface area contributed by atoms with Crippen molar-refractivity contribution in [2.24, 2.45) is 0 Å². The maximum absolute atomic E-state index is 5.84. The number of benzene rings is 1. The van der Waals surface area contributed by atoms with E-state index in [1.54, 1.807) is 0 Å². The highest BCUT2D eigenvalue weighted by Crippen LogP contribution is 2.28. The first-order valence-corrected chi connectivity index (χ1v) is 6.53. The highest BCUT2D eigenvalue weighted by Gasteiger charge is 2.08. The molecule has 0 aliphatic carbocycles. The summed E-state index contributed by atoms with van der Waals surface area (Å²) in [4.78, 5) is 8.25. The van der Waals surface area contributed by atoms with Gasteiger partial charge in [0.2, 0.25) is 0 Å². The van der Waals surface area contributed by atoms with Crippen molar-refractivity contribution in [1.82, 2.24) is 9.97 Å². The van der Waals surface area contributed by atoms with Crippen molar-refractivity contribution in [2.75, 3.05) is 11.1 Å². The van der Waals surface area contributed by atoms with E-state index in [1.165, 1.54) is 11.9 Å². The van der Waals surface area contributed by atoms with Crippen LogP contribution in [0, 0.1) is 6.92 Å². The van der Waals surface area contributed by atoms with Crippen molar-refractivity contribution >= 4 is 33.3 Å². The van der Waals surface area contributed by atoms with E-state index in [4.69, 9.17) is 5.73 Å². The standard InChI is InChI=1S/C13H15BrN4/c1-3-9-12(15)16-7-17-13(9)18-11-5-4-8(2)6-10(11)14/h4-7H,3H2,1-2H3,(H3,15,16,17,18). The van der Waals surface area contributed by atoms with Gasteiger partial charge in [0.1, 0.15) is 18.0 Å². The fourth-order valence-corrected chi connectivity index (χ4v) is 2.32. The average Bonchev–Trinajstić information content (AvgIpc) is 2.33. The Morgan fingerprint density at radius 2 is 2.11 bits per heavy atom. The monoisotopic (exact) mass is 306 g/mol. The highest BCUT2D eigenvalue weighted by molar-refractivity contribution is 9.10. The molecule has 2 aromatic rings. The molecule has 5 heteroatoms. The quantitative estimate of drug-likeness (QED) is 0.912. The molecule has 18 heavy (non-hydrogen) atoms. The summed E-state index contributed by atoms with van der Waals surface area (Å²) in [6.45, 7) is 4.08. The Hall–Kier alpha value is -1.62. The number of rotatable bonds is 3. The van der Waals surface area contributed by atoms with Crippen LogP contribution in [0.3, 0.4) is 0 Å². The maximum atomic E-state index is 5.84. The van der Waals surface area contributed by atoms with E-state index in [-0.39, 0.29) is 0 Å². The summed E-state index contributed by atoms with van der Waals surface area (Å²) in [6, 6.07) is 6.11. The fourth-order valence-electron chi connectivity index (χ4n) is 1.73. The van der Waals surface area contributed by atoms with E-state index in [2.05, 4.69) is 44.2 Å². The molecular weight excluding hydrogens is 292 g/mol. The van der Waals surface area contributed by atoms with Crippen molar-refractivity contribution in [3.63, 3.8) is 0 Å². The summed E-state index contributed by atoms with van der Waals surface area (Å²) in [5, 5.41) is 3.28. The molecule has 1 aromatic carbocycles. The van der Waals surface area contributed by atoms with E-state index in [1.807, 2.05) is 19.1 Å². The Kier molecular flexibility index (Phi) is 3.81. The van der Waals surface area contributed by atoms with Crippen molar-refractivity contribution in [3.05, 3.63) is 40.1 Å². The summed E-state index contributed by atoms with van der Waals surface area (Å²) in [7, 11) is 0. The second kappa shape index (κ2) is 5.35. The number of hydrogen-bond acceptors (Lipinski definition) is 4. The SMILES string of the molecule is CCc1c(N)ncnc1Nc1ccc(C)cc1Br. The molecule has 0 radical (unpaired) electrons. The number of nitrogens with two attached hydrogens (primary N) is 1. The molecule has 0 bridgehead atoms. The van der Waals surface area contributed by atoms with Crippen LogP contribution in [0.5, 0.6) is 0 Å². The smallest absolute Gasteiger partial charge is 0.139 e. The molecule has 0 amide bonds. The summed E-state index contributed by atoms with van der Waals surface area (Å²) < 4.78 is 1.00. The number of nitrogens with zero attached hydrogens (tertiary/aromatic N) is 2. The van der Waals surface area contributed by atoms with Gasteiger partial charge in [-0.1, -0.05) is 13.0 Å². The molecule has 94 valence electrons. The first-order chi connectivity index (χ1) is 8.61. The third kappa shape index (κ3) is 2.61. The molecular formula is C13H15BrN4. The Balaban J connectivity index is 2.37. The van der Waals surface area contributed by atoms with Gasteiger partial charge in [-0.2, -0.15) is 0 Å². The molecule has 0 aliphatic rings. The van der Waals surface area contributed by atoms with E-state index >= 15 is 0 Å². The van der Waals surface area contributed by atoms with Gasteiger partial charge in [0.25, 0.3) is 0 Å². The van der Waals surface area contributed by atoms with Crippen molar-refractivity contribution in [3.8, 4) is 0 Å². The van der Waals surface area contributed by atoms with Crippen LogP contribution in [0.15, 0.2) is 29.0 Å². The Morgan fingerprint density at radius 3 is 2.78 bits per heavy atom. The van der Waals surface area contributed by atoms with Crippen molar-refractivity contribution in [1.29, 1.82) is 0 Å². The predicted octanol–water partition coefficient (Wildman–Crippen LogP) is 3.44. The second-order valence-corrected chi connectivity index (χ2v) is 4.90. The minimum atomic E-state index is 0.526. The van der Waals surface area contributed by atoms with Crippen LogP contribution in [0.4, 0.5) is 17.3 Å². The van der Waals surface area contributed by atoms with Crippen LogP contribution in [0.2, 0.25) is 0 Å². The van der Waals surface area contributed by atoms with Crippen LogP contribution >= 0.6 is 15.9 Å². The van der Waals surface area contributed by atoms with Gasteiger partial charge >= 0.3 is 0 Å². The number of nitrogen functional groups attached to an aromatic ring is 1. The number of halogens is 1. The molecule has 0 spiro atoms. The molecule has 1 aromatic heterocycles. The molecule has 0 saturated carbocycles. The number of hydrogen-bond donors (Lipinski definition) is 2. The zero-order valence-electron chi connectivity index (χ0n) is 10.4. The van der Waals surface area contributed by atoms with Crippen LogP contribution in [-0.2, 0) is 6.42 Å². The first kappa shape index (κ1) is 12.8. The molecule has 2 rings (SSSR count). The zero-order chi connectivity index (χ0) is 13.1. The van der Waals surface area contributed by atoms with Crippen molar-refractivity contribution < 1.29 is 0 Å². The third-order valence-electron chi connectivity index (χ3n) is 2.71. The molecule has 3 N–H and O–H groups in total. The maximum Gasteiger partial charge on any atom is 0.139 e. The number of aryl methyl sites for hydroxylation is 1. The largest absolute Gasteiger partial charge is 0.383 e. The minimum Gasteiger partial charge on any atom is -0.383 e. The molecule has 0 fully saturated rings.